The number of aromatic nitrogens is 2. The zero-order valence-electron chi connectivity index (χ0n) is 13.3. The van der Waals surface area contributed by atoms with Crippen molar-refractivity contribution < 1.29 is 4.79 Å². The number of aryl methyl sites for hydroxylation is 2. The zero-order chi connectivity index (χ0) is 15.7. The van der Waals surface area contributed by atoms with Crippen molar-refractivity contribution in [2.45, 2.75) is 32.9 Å². The summed E-state index contributed by atoms with van der Waals surface area (Å²) in [5, 5.41) is 10.8. The van der Waals surface area contributed by atoms with E-state index >= 15 is 0 Å². The summed E-state index contributed by atoms with van der Waals surface area (Å²) >= 11 is 0. The largest absolute Gasteiger partial charge is 0.351 e. The first-order valence-electron chi connectivity index (χ1n) is 7.63. The zero-order valence-corrected chi connectivity index (χ0v) is 13.3. The van der Waals surface area contributed by atoms with Crippen molar-refractivity contribution in [2.75, 3.05) is 6.54 Å². The number of hydrogen-bond acceptors (Lipinski definition) is 3. The Kier molecular flexibility index (Phi) is 3.98. The van der Waals surface area contributed by atoms with Crippen LogP contribution < -0.4 is 10.6 Å². The van der Waals surface area contributed by atoms with E-state index in [4.69, 9.17) is 0 Å². The fourth-order valence-electron chi connectivity index (χ4n) is 3.10. The first-order valence-corrected chi connectivity index (χ1v) is 7.63. The summed E-state index contributed by atoms with van der Waals surface area (Å²) in [7, 11) is 1.93. The minimum absolute atomic E-state index is 0.0716. The minimum Gasteiger partial charge on any atom is -0.351 e. The lowest BCUT2D eigenvalue weighted by molar-refractivity contribution is -0.122. The molecule has 0 radical (unpaired) electrons. The van der Waals surface area contributed by atoms with Gasteiger partial charge in [0.2, 0.25) is 5.91 Å². The number of amides is 1. The summed E-state index contributed by atoms with van der Waals surface area (Å²) in [4.78, 5) is 12.6. The normalized spacial score (nSPS) is 17.1. The Labute approximate surface area is 130 Å². The van der Waals surface area contributed by atoms with Gasteiger partial charge < -0.3 is 10.6 Å². The van der Waals surface area contributed by atoms with Gasteiger partial charge in [-0.15, -0.1) is 0 Å². The number of carbonyl (C=O) groups is 1. The molecule has 0 spiro atoms. The maximum absolute atomic E-state index is 12.6. The van der Waals surface area contributed by atoms with Crippen LogP contribution in [0.2, 0.25) is 0 Å². The summed E-state index contributed by atoms with van der Waals surface area (Å²) in [6.45, 7) is 6.06. The van der Waals surface area contributed by atoms with Crippen molar-refractivity contribution in [1.29, 1.82) is 0 Å². The van der Waals surface area contributed by atoms with E-state index in [0.717, 1.165) is 29.1 Å². The predicted octanol–water partition coefficient (Wildman–Crippen LogP) is 1.54. The van der Waals surface area contributed by atoms with Crippen molar-refractivity contribution >= 4 is 5.91 Å². The van der Waals surface area contributed by atoms with E-state index in [9.17, 15) is 4.79 Å². The molecule has 1 unspecified atom stereocenters. The molecule has 0 saturated heterocycles. The fourth-order valence-corrected chi connectivity index (χ4v) is 3.10. The Bertz CT molecular complexity index is 705. The third kappa shape index (κ3) is 2.64. The molecule has 1 aliphatic rings. The molecule has 116 valence electrons. The highest BCUT2D eigenvalue weighted by Gasteiger charge is 2.26. The number of nitrogens with zero attached hydrogens (tertiary/aromatic N) is 2. The second-order valence-electron chi connectivity index (χ2n) is 5.87. The van der Waals surface area contributed by atoms with Crippen LogP contribution in [-0.4, -0.2) is 22.2 Å². The van der Waals surface area contributed by atoms with E-state index in [1.807, 2.05) is 37.7 Å². The number of nitrogens with one attached hydrogen (secondary N) is 2. The molecule has 2 heterocycles. The molecular formula is C17H22N4O. The number of carbonyl (C=O) groups excluding carboxylic acids is 1. The molecule has 1 amide bonds. The molecule has 0 fully saturated rings. The second-order valence-corrected chi connectivity index (χ2v) is 5.87. The summed E-state index contributed by atoms with van der Waals surface area (Å²) < 4.78 is 1.86. The van der Waals surface area contributed by atoms with Crippen molar-refractivity contribution in [3.8, 4) is 0 Å². The fraction of sp³-hybridized carbons (Fsp3) is 0.412. The molecule has 2 N–H and O–H groups in total. The van der Waals surface area contributed by atoms with Crippen LogP contribution in [0.3, 0.4) is 0 Å². The third-order valence-electron chi connectivity index (χ3n) is 4.51. The molecule has 1 aliphatic heterocycles. The van der Waals surface area contributed by atoms with Crippen LogP contribution in [0.25, 0.3) is 0 Å². The summed E-state index contributed by atoms with van der Waals surface area (Å²) in [5.74, 6) is -0.0514. The van der Waals surface area contributed by atoms with E-state index in [1.165, 1.54) is 5.56 Å². The lowest BCUT2D eigenvalue weighted by Crippen LogP contribution is -2.38. The highest BCUT2D eigenvalue weighted by Crippen LogP contribution is 2.24. The molecule has 0 saturated carbocycles. The van der Waals surface area contributed by atoms with Gasteiger partial charge in [-0.2, -0.15) is 5.10 Å². The van der Waals surface area contributed by atoms with Gasteiger partial charge in [-0.3, -0.25) is 9.48 Å². The first-order chi connectivity index (χ1) is 10.6. The standard InChI is InChI=1S/C17H22N4O/c1-11-15(12(2)21(3)20-11)10-19-17(22)16-9-18-8-13-6-4-5-7-14(13)16/h4-7,16,18H,8-10H2,1-3H3,(H,19,22). The van der Waals surface area contributed by atoms with Gasteiger partial charge in [0, 0.05) is 37.9 Å². The van der Waals surface area contributed by atoms with Crippen molar-refractivity contribution in [3.63, 3.8) is 0 Å². The van der Waals surface area contributed by atoms with Crippen LogP contribution >= 0.6 is 0 Å². The Morgan fingerprint density at radius 3 is 2.91 bits per heavy atom. The molecule has 3 rings (SSSR count). The smallest absolute Gasteiger partial charge is 0.229 e. The van der Waals surface area contributed by atoms with Gasteiger partial charge >= 0.3 is 0 Å². The lowest BCUT2D eigenvalue weighted by atomic mass is 9.90. The van der Waals surface area contributed by atoms with Crippen LogP contribution in [-0.2, 0) is 24.9 Å². The monoisotopic (exact) mass is 298 g/mol. The third-order valence-corrected chi connectivity index (χ3v) is 4.51. The summed E-state index contributed by atoms with van der Waals surface area (Å²) in [6, 6.07) is 8.15. The van der Waals surface area contributed by atoms with Crippen molar-refractivity contribution in [2.24, 2.45) is 7.05 Å². The van der Waals surface area contributed by atoms with E-state index in [0.29, 0.717) is 13.1 Å². The van der Waals surface area contributed by atoms with Crippen molar-refractivity contribution in [1.82, 2.24) is 20.4 Å². The van der Waals surface area contributed by atoms with Crippen LogP contribution in [0, 0.1) is 13.8 Å². The molecule has 1 aromatic carbocycles. The number of benzene rings is 1. The van der Waals surface area contributed by atoms with Crippen LogP contribution in [0.1, 0.15) is 34.0 Å². The van der Waals surface area contributed by atoms with Crippen LogP contribution in [0.15, 0.2) is 24.3 Å². The number of hydrogen-bond donors (Lipinski definition) is 2. The molecule has 5 nitrogen and oxygen atoms in total. The van der Waals surface area contributed by atoms with Gasteiger partial charge in [0.15, 0.2) is 0 Å². The molecule has 5 heteroatoms. The van der Waals surface area contributed by atoms with E-state index in [-0.39, 0.29) is 11.8 Å². The Hall–Kier alpha value is -2.14. The van der Waals surface area contributed by atoms with Crippen LogP contribution in [0.5, 0.6) is 0 Å². The van der Waals surface area contributed by atoms with Gasteiger partial charge in [0.1, 0.15) is 0 Å². The molecule has 0 aliphatic carbocycles. The van der Waals surface area contributed by atoms with E-state index in [1.54, 1.807) is 0 Å². The summed E-state index contributed by atoms with van der Waals surface area (Å²) in [6.07, 6.45) is 0. The highest BCUT2D eigenvalue weighted by atomic mass is 16.1. The highest BCUT2D eigenvalue weighted by molar-refractivity contribution is 5.84. The number of rotatable bonds is 3. The van der Waals surface area contributed by atoms with E-state index < -0.39 is 0 Å². The predicted molar refractivity (Wildman–Crippen MR) is 85.4 cm³/mol. The summed E-state index contributed by atoms with van der Waals surface area (Å²) in [5.41, 5.74) is 5.52. The number of fused-ring (bicyclic) bond motifs is 1. The Balaban J connectivity index is 1.73. The van der Waals surface area contributed by atoms with E-state index in [2.05, 4.69) is 27.9 Å². The molecular weight excluding hydrogens is 276 g/mol. The lowest BCUT2D eigenvalue weighted by Gasteiger charge is -2.25. The van der Waals surface area contributed by atoms with Gasteiger partial charge in [-0.1, -0.05) is 24.3 Å². The average Bonchev–Trinajstić information content (AvgIpc) is 2.77. The SMILES string of the molecule is Cc1nn(C)c(C)c1CNC(=O)C1CNCc2ccccc21. The maximum atomic E-state index is 12.6. The maximum Gasteiger partial charge on any atom is 0.229 e. The quantitative estimate of drug-likeness (QED) is 0.903. The minimum atomic E-state index is -0.123. The first kappa shape index (κ1) is 14.8. The molecule has 1 aromatic heterocycles. The van der Waals surface area contributed by atoms with Crippen molar-refractivity contribution in [3.05, 3.63) is 52.3 Å². The molecule has 0 bridgehead atoms. The van der Waals surface area contributed by atoms with Gasteiger partial charge in [0.25, 0.3) is 0 Å². The van der Waals surface area contributed by atoms with Gasteiger partial charge in [0.05, 0.1) is 11.6 Å². The van der Waals surface area contributed by atoms with Crippen LogP contribution in [0.4, 0.5) is 0 Å². The molecule has 22 heavy (non-hydrogen) atoms. The Morgan fingerprint density at radius 2 is 2.18 bits per heavy atom. The Morgan fingerprint density at radius 1 is 1.41 bits per heavy atom. The topological polar surface area (TPSA) is 59.0 Å². The average molecular weight is 298 g/mol. The van der Waals surface area contributed by atoms with Gasteiger partial charge in [-0.25, -0.2) is 0 Å². The van der Waals surface area contributed by atoms with Gasteiger partial charge in [-0.05, 0) is 25.0 Å². The molecule has 2 aromatic rings. The second kappa shape index (κ2) is 5.93. The molecule has 1 atom stereocenters.